The number of carbonyl (C=O) groups is 1. The Morgan fingerprint density at radius 1 is 1.04 bits per heavy atom. The smallest absolute Gasteiger partial charge is 0.287 e. The number of amides is 1. The third-order valence-corrected chi connectivity index (χ3v) is 4.54. The van der Waals surface area contributed by atoms with Crippen molar-refractivity contribution >= 4 is 5.91 Å². The van der Waals surface area contributed by atoms with Crippen LogP contribution in [-0.4, -0.2) is 5.91 Å². The van der Waals surface area contributed by atoms with Crippen LogP contribution in [0.3, 0.4) is 0 Å². The van der Waals surface area contributed by atoms with Crippen LogP contribution in [0.25, 0.3) is 0 Å². The Hall–Kier alpha value is -3.01. The Kier molecular flexibility index (Phi) is 5.97. The van der Waals surface area contributed by atoms with Crippen LogP contribution in [-0.2, 0) is 6.61 Å². The minimum absolute atomic E-state index is 0.0464. The van der Waals surface area contributed by atoms with Gasteiger partial charge in [0.05, 0.1) is 6.04 Å². The van der Waals surface area contributed by atoms with Crippen LogP contribution in [0.5, 0.6) is 5.75 Å². The highest BCUT2D eigenvalue weighted by Crippen LogP contribution is 2.20. The van der Waals surface area contributed by atoms with E-state index in [2.05, 4.69) is 24.4 Å². The maximum Gasteiger partial charge on any atom is 0.287 e. The molecule has 0 spiro atoms. The van der Waals surface area contributed by atoms with E-state index in [1.54, 1.807) is 12.1 Å². The van der Waals surface area contributed by atoms with E-state index in [1.807, 2.05) is 50.2 Å². The number of carbonyl (C=O) groups excluding carboxylic acids is 1. The minimum atomic E-state index is -0.218. The van der Waals surface area contributed by atoms with Crippen LogP contribution in [0.1, 0.15) is 52.4 Å². The average Bonchev–Trinajstić information content (AvgIpc) is 3.15. The van der Waals surface area contributed by atoms with Gasteiger partial charge in [0.15, 0.2) is 5.76 Å². The van der Waals surface area contributed by atoms with Gasteiger partial charge in [0.1, 0.15) is 18.1 Å². The second-order valence-electron chi connectivity index (χ2n) is 6.67. The van der Waals surface area contributed by atoms with E-state index >= 15 is 0 Å². The van der Waals surface area contributed by atoms with E-state index in [9.17, 15) is 4.79 Å². The van der Waals surface area contributed by atoms with Crippen molar-refractivity contribution in [2.24, 2.45) is 0 Å². The number of aryl methyl sites for hydroxylation is 2. The summed E-state index contributed by atoms with van der Waals surface area (Å²) in [6.45, 7) is 6.38. The topological polar surface area (TPSA) is 51.5 Å². The Balaban J connectivity index is 1.62. The van der Waals surface area contributed by atoms with E-state index in [0.717, 1.165) is 23.3 Å². The van der Waals surface area contributed by atoms with Crippen LogP contribution >= 0.6 is 0 Å². The summed E-state index contributed by atoms with van der Waals surface area (Å²) in [6.07, 6.45) is 0.804. The van der Waals surface area contributed by atoms with Crippen molar-refractivity contribution in [2.45, 2.75) is 39.8 Å². The van der Waals surface area contributed by atoms with Gasteiger partial charge in [-0.3, -0.25) is 4.79 Å². The molecule has 3 aromatic rings. The number of hydrogen-bond acceptors (Lipinski definition) is 3. The second kappa shape index (κ2) is 8.58. The van der Waals surface area contributed by atoms with E-state index in [4.69, 9.17) is 9.15 Å². The van der Waals surface area contributed by atoms with Crippen molar-refractivity contribution in [1.82, 2.24) is 5.32 Å². The summed E-state index contributed by atoms with van der Waals surface area (Å²) in [7, 11) is 0. The normalized spacial score (nSPS) is 11.8. The maximum absolute atomic E-state index is 12.6. The molecular weight excluding hydrogens is 338 g/mol. The predicted molar refractivity (Wildman–Crippen MR) is 106 cm³/mol. The Bertz CT molecular complexity index is 896. The van der Waals surface area contributed by atoms with Crippen molar-refractivity contribution in [3.8, 4) is 5.75 Å². The van der Waals surface area contributed by atoms with Crippen molar-refractivity contribution in [2.75, 3.05) is 0 Å². The average molecular weight is 363 g/mol. The molecule has 1 heterocycles. The monoisotopic (exact) mass is 363 g/mol. The van der Waals surface area contributed by atoms with Gasteiger partial charge < -0.3 is 14.5 Å². The predicted octanol–water partition coefficient (Wildman–Crippen LogP) is 5.36. The van der Waals surface area contributed by atoms with Gasteiger partial charge in [0, 0.05) is 0 Å². The standard InChI is InChI=1S/C23H25NO3/c1-4-20(18-11-9-16(2)10-12-18)24-23(25)22-14-13-19(27-22)15-26-21-8-6-5-7-17(21)3/h5-14,20H,4,15H2,1-3H3,(H,24,25). The molecule has 1 unspecified atom stereocenters. The minimum Gasteiger partial charge on any atom is -0.485 e. The van der Waals surface area contributed by atoms with Gasteiger partial charge in [0.2, 0.25) is 0 Å². The molecule has 0 aliphatic carbocycles. The third-order valence-electron chi connectivity index (χ3n) is 4.54. The number of benzene rings is 2. The van der Waals surface area contributed by atoms with Crippen LogP contribution < -0.4 is 10.1 Å². The molecule has 0 saturated heterocycles. The fourth-order valence-corrected chi connectivity index (χ4v) is 2.89. The number of para-hydroxylation sites is 1. The van der Waals surface area contributed by atoms with E-state index in [-0.39, 0.29) is 18.6 Å². The molecule has 3 rings (SSSR count). The SMILES string of the molecule is CCC(NC(=O)c1ccc(COc2ccccc2C)o1)c1ccc(C)cc1. The second-order valence-corrected chi connectivity index (χ2v) is 6.67. The largest absolute Gasteiger partial charge is 0.485 e. The molecule has 0 fully saturated rings. The number of rotatable bonds is 7. The molecule has 1 amide bonds. The van der Waals surface area contributed by atoms with Gasteiger partial charge in [-0.25, -0.2) is 0 Å². The summed E-state index contributed by atoms with van der Waals surface area (Å²) >= 11 is 0. The lowest BCUT2D eigenvalue weighted by molar-refractivity contribution is 0.0903. The van der Waals surface area contributed by atoms with E-state index in [0.29, 0.717) is 11.5 Å². The molecule has 4 nitrogen and oxygen atoms in total. The highest BCUT2D eigenvalue weighted by molar-refractivity contribution is 5.91. The molecule has 1 atom stereocenters. The molecule has 0 aliphatic rings. The van der Waals surface area contributed by atoms with Crippen LogP contribution in [0.2, 0.25) is 0 Å². The summed E-state index contributed by atoms with van der Waals surface area (Å²) in [5.41, 5.74) is 3.35. The summed E-state index contributed by atoms with van der Waals surface area (Å²) in [4.78, 5) is 12.6. The van der Waals surface area contributed by atoms with Gasteiger partial charge in [-0.15, -0.1) is 0 Å². The van der Waals surface area contributed by atoms with Crippen LogP contribution in [0.15, 0.2) is 65.1 Å². The molecule has 0 bridgehead atoms. The zero-order valence-electron chi connectivity index (χ0n) is 16.0. The first-order chi connectivity index (χ1) is 13.1. The summed E-state index contributed by atoms with van der Waals surface area (Å²) < 4.78 is 11.4. The molecule has 0 radical (unpaired) electrons. The van der Waals surface area contributed by atoms with Gasteiger partial charge in [0.25, 0.3) is 5.91 Å². The molecule has 1 N–H and O–H groups in total. The fraction of sp³-hybridized carbons (Fsp3) is 0.261. The lowest BCUT2D eigenvalue weighted by atomic mass is 10.0. The van der Waals surface area contributed by atoms with Gasteiger partial charge in [-0.2, -0.15) is 0 Å². The highest BCUT2D eigenvalue weighted by atomic mass is 16.5. The first kappa shape index (κ1) is 18.8. The summed E-state index contributed by atoms with van der Waals surface area (Å²) in [5, 5.41) is 3.04. The summed E-state index contributed by atoms with van der Waals surface area (Å²) in [5.74, 6) is 1.51. The summed E-state index contributed by atoms with van der Waals surface area (Å²) in [6, 6.07) is 19.4. The lowest BCUT2D eigenvalue weighted by Crippen LogP contribution is -2.27. The number of ether oxygens (including phenoxy) is 1. The van der Waals surface area contributed by atoms with Crippen LogP contribution in [0, 0.1) is 13.8 Å². The first-order valence-corrected chi connectivity index (χ1v) is 9.21. The van der Waals surface area contributed by atoms with Crippen molar-refractivity contribution in [3.05, 3.63) is 88.9 Å². The van der Waals surface area contributed by atoms with Gasteiger partial charge >= 0.3 is 0 Å². The molecule has 2 aromatic carbocycles. The Morgan fingerprint density at radius 3 is 2.48 bits per heavy atom. The number of furan rings is 1. The molecule has 1 aromatic heterocycles. The Morgan fingerprint density at radius 2 is 1.78 bits per heavy atom. The Labute approximate surface area is 160 Å². The molecule has 140 valence electrons. The zero-order valence-corrected chi connectivity index (χ0v) is 16.0. The van der Waals surface area contributed by atoms with E-state index in [1.165, 1.54) is 5.56 Å². The van der Waals surface area contributed by atoms with Crippen molar-refractivity contribution in [1.29, 1.82) is 0 Å². The molecule has 0 aliphatic heterocycles. The first-order valence-electron chi connectivity index (χ1n) is 9.21. The quantitative estimate of drug-likeness (QED) is 0.615. The number of nitrogens with one attached hydrogen (secondary N) is 1. The van der Waals surface area contributed by atoms with Gasteiger partial charge in [-0.05, 0) is 49.6 Å². The molecular formula is C23H25NO3. The fourth-order valence-electron chi connectivity index (χ4n) is 2.89. The van der Waals surface area contributed by atoms with Crippen molar-refractivity contribution in [3.63, 3.8) is 0 Å². The van der Waals surface area contributed by atoms with Gasteiger partial charge in [-0.1, -0.05) is 55.0 Å². The molecule has 27 heavy (non-hydrogen) atoms. The number of hydrogen-bond donors (Lipinski definition) is 1. The van der Waals surface area contributed by atoms with Crippen LogP contribution in [0.4, 0.5) is 0 Å². The highest BCUT2D eigenvalue weighted by Gasteiger charge is 2.17. The zero-order chi connectivity index (χ0) is 19.2. The third kappa shape index (κ3) is 4.79. The lowest BCUT2D eigenvalue weighted by Gasteiger charge is -2.17. The van der Waals surface area contributed by atoms with E-state index < -0.39 is 0 Å². The maximum atomic E-state index is 12.6. The molecule has 0 saturated carbocycles. The van der Waals surface area contributed by atoms with Crippen molar-refractivity contribution < 1.29 is 13.9 Å². The molecule has 4 heteroatoms.